The number of carbonyl (C=O) groups is 2. The molecule has 0 fully saturated rings. The number of ether oxygens (including phenoxy) is 2. The van der Waals surface area contributed by atoms with E-state index in [1.165, 1.54) is 31.7 Å². The monoisotopic (exact) mass is 490 g/mol. The second-order valence-corrected chi connectivity index (χ2v) is 9.21. The summed E-state index contributed by atoms with van der Waals surface area (Å²) in [6.45, 7) is 0.316. The summed E-state index contributed by atoms with van der Waals surface area (Å²) in [7, 11) is -0.764. The van der Waals surface area contributed by atoms with Gasteiger partial charge in [0.05, 0.1) is 19.1 Å². The van der Waals surface area contributed by atoms with Crippen molar-refractivity contribution in [3.05, 3.63) is 64.7 Å². The number of nitrogens with zero attached hydrogens (tertiary/aromatic N) is 1. The first-order valence-corrected chi connectivity index (χ1v) is 12.0. The summed E-state index contributed by atoms with van der Waals surface area (Å²) in [5.41, 5.74) is 1.33. The van der Waals surface area contributed by atoms with E-state index in [1.54, 1.807) is 30.3 Å². The molecule has 33 heavy (non-hydrogen) atoms. The number of nitrogens with one attached hydrogen (secondary N) is 2. The molecular weight excluding hydrogens is 468 g/mol. The Bertz CT molecular complexity index is 1230. The van der Waals surface area contributed by atoms with Crippen molar-refractivity contribution in [2.75, 3.05) is 26.1 Å². The molecular formula is C21H22N4O6S2. The lowest BCUT2D eigenvalue weighted by Crippen LogP contribution is -2.26. The maximum absolute atomic E-state index is 12.5. The van der Waals surface area contributed by atoms with Crippen molar-refractivity contribution in [3.63, 3.8) is 0 Å². The molecule has 0 saturated carbocycles. The molecule has 3 rings (SSSR count). The highest BCUT2D eigenvalue weighted by Gasteiger charge is 2.15. The molecule has 2 aromatic carbocycles. The highest BCUT2D eigenvalue weighted by molar-refractivity contribution is 7.89. The second-order valence-electron chi connectivity index (χ2n) is 6.79. The summed E-state index contributed by atoms with van der Waals surface area (Å²) in [5, 5.41) is 12.3. The fraction of sp³-hybridized carbons (Fsp3) is 0.190. The Kier molecular flexibility index (Phi) is 7.63. The van der Waals surface area contributed by atoms with Crippen LogP contribution in [0.2, 0.25) is 0 Å². The van der Waals surface area contributed by atoms with Gasteiger partial charge >= 0.3 is 0 Å². The third-order valence-electron chi connectivity index (χ3n) is 4.52. The fourth-order valence-electron chi connectivity index (χ4n) is 2.80. The zero-order chi connectivity index (χ0) is 24.0. The summed E-state index contributed by atoms with van der Waals surface area (Å²) in [5.74, 6) is 0.128. The number of methoxy groups -OCH3 is 2. The van der Waals surface area contributed by atoms with Crippen LogP contribution < -0.4 is 25.2 Å². The van der Waals surface area contributed by atoms with Crippen LogP contribution in [-0.4, -0.2) is 46.0 Å². The first-order chi connectivity index (χ1) is 15.7. The first-order valence-electron chi connectivity index (χ1n) is 9.59. The van der Waals surface area contributed by atoms with E-state index >= 15 is 0 Å². The van der Waals surface area contributed by atoms with Crippen LogP contribution in [0.15, 0.2) is 52.7 Å². The van der Waals surface area contributed by atoms with Crippen LogP contribution in [-0.2, 0) is 16.4 Å². The topological polar surface area (TPSA) is 150 Å². The van der Waals surface area contributed by atoms with Crippen LogP contribution in [0.3, 0.4) is 0 Å². The third kappa shape index (κ3) is 6.51. The van der Waals surface area contributed by atoms with Crippen LogP contribution in [0.5, 0.6) is 11.5 Å². The van der Waals surface area contributed by atoms with Gasteiger partial charge in [-0.2, -0.15) is 0 Å². The highest BCUT2D eigenvalue weighted by atomic mass is 32.2. The molecule has 0 unspecified atom stereocenters. The highest BCUT2D eigenvalue weighted by Crippen LogP contribution is 2.24. The van der Waals surface area contributed by atoms with E-state index in [-0.39, 0.29) is 15.7 Å². The molecule has 0 aliphatic carbocycles. The van der Waals surface area contributed by atoms with Crippen molar-refractivity contribution in [2.24, 2.45) is 5.14 Å². The number of carbonyl (C=O) groups excluding carboxylic acids is 2. The minimum absolute atomic E-state index is 0.0275. The molecule has 10 nitrogen and oxygen atoms in total. The van der Waals surface area contributed by atoms with Gasteiger partial charge < -0.3 is 14.8 Å². The second kappa shape index (κ2) is 10.4. The molecule has 0 atom stereocenters. The van der Waals surface area contributed by atoms with E-state index < -0.39 is 21.8 Å². The van der Waals surface area contributed by atoms with Gasteiger partial charge in [-0.05, 0) is 36.2 Å². The normalized spacial score (nSPS) is 11.0. The van der Waals surface area contributed by atoms with Gasteiger partial charge in [-0.25, -0.2) is 18.5 Å². The first kappa shape index (κ1) is 24.2. The molecule has 1 aromatic heterocycles. The average Bonchev–Trinajstić information content (AvgIpc) is 3.27. The minimum Gasteiger partial charge on any atom is -0.497 e. The molecule has 0 saturated heterocycles. The van der Waals surface area contributed by atoms with Crippen molar-refractivity contribution in [1.82, 2.24) is 10.3 Å². The summed E-state index contributed by atoms with van der Waals surface area (Å²) >= 11 is 1.12. The number of thiazole rings is 1. The minimum atomic E-state index is -3.74. The number of nitrogens with two attached hydrogens (primary N) is 1. The van der Waals surface area contributed by atoms with Crippen LogP contribution in [0.25, 0.3) is 0 Å². The van der Waals surface area contributed by atoms with E-state index in [9.17, 15) is 18.0 Å². The largest absolute Gasteiger partial charge is 0.497 e. The number of benzene rings is 2. The van der Waals surface area contributed by atoms with Gasteiger partial charge in [0, 0.05) is 23.6 Å². The molecule has 0 aliphatic heterocycles. The van der Waals surface area contributed by atoms with E-state index in [0.717, 1.165) is 16.9 Å². The van der Waals surface area contributed by atoms with Crippen molar-refractivity contribution < 1.29 is 27.5 Å². The molecule has 174 valence electrons. The molecule has 2 amide bonds. The lowest BCUT2D eigenvalue weighted by atomic mass is 10.1. The number of aromatic nitrogens is 1. The third-order valence-corrected chi connectivity index (χ3v) is 6.21. The molecule has 0 aliphatic rings. The van der Waals surface area contributed by atoms with Crippen molar-refractivity contribution in [1.29, 1.82) is 0 Å². The zero-order valence-electron chi connectivity index (χ0n) is 17.8. The van der Waals surface area contributed by atoms with Gasteiger partial charge in [0.15, 0.2) is 5.13 Å². The van der Waals surface area contributed by atoms with E-state index in [0.29, 0.717) is 30.0 Å². The number of rotatable bonds is 9. The van der Waals surface area contributed by atoms with Gasteiger partial charge in [0.1, 0.15) is 17.2 Å². The maximum atomic E-state index is 12.5. The quantitative estimate of drug-likeness (QED) is 0.415. The van der Waals surface area contributed by atoms with Crippen molar-refractivity contribution in [3.8, 4) is 11.5 Å². The number of hydrogen-bond acceptors (Lipinski definition) is 8. The number of hydrogen-bond donors (Lipinski definition) is 3. The predicted octanol–water partition coefficient (Wildman–Crippen LogP) is 2.03. The predicted molar refractivity (Wildman–Crippen MR) is 123 cm³/mol. The molecule has 0 radical (unpaired) electrons. The molecule has 12 heteroatoms. The smallest absolute Gasteiger partial charge is 0.270 e. The molecule has 0 bridgehead atoms. The summed E-state index contributed by atoms with van der Waals surface area (Å²) in [4.78, 5) is 29.1. The maximum Gasteiger partial charge on any atom is 0.270 e. The molecule has 1 heterocycles. The SMILES string of the molecule is COc1cc(OC)cc(C(=O)Nc2nc(C(=O)NCCc3ccc(S(N)(=O)=O)cc3)cs2)c1. The van der Waals surface area contributed by atoms with Gasteiger partial charge in [0.2, 0.25) is 10.0 Å². The molecule has 3 aromatic rings. The van der Waals surface area contributed by atoms with Crippen LogP contribution in [0.1, 0.15) is 26.4 Å². The Morgan fingerprint density at radius 2 is 1.67 bits per heavy atom. The van der Waals surface area contributed by atoms with Crippen molar-refractivity contribution >= 4 is 38.3 Å². The Morgan fingerprint density at radius 1 is 1.03 bits per heavy atom. The van der Waals surface area contributed by atoms with Gasteiger partial charge in [-0.1, -0.05) is 12.1 Å². The summed E-state index contributed by atoms with van der Waals surface area (Å²) < 4.78 is 32.9. The Morgan fingerprint density at radius 3 is 2.24 bits per heavy atom. The van der Waals surface area contributed by atoms with Crippen LogP contribution in [0.4, 0.5) is 5.13 Å². The lowest BCUT2D eigenvalue weighted by molar-refractivity contribution is 0.0948. The van der Waals surface area contributed by atoms with Crippen LogP contribution >= 0.6 is 11.3 Å². The lowest BCUT2D eigenvalue weighted by Gasteiger charge is -2.08. The van der Waals surface area contributed by atoms with Gasteiger partial charge in [-0.3, -0.25) is 14.9 Å². The standard InChI is InChI=1S/C21H22N4O6S2/c1-30-15-9-14(10-16(11-15)31-2)19(26)25-21-24-18(12-32-21)20(27)23-8-7-13-3-5-17(6-4-13)33(22,28)29/h3-6,9-12H,7-8H2,1-2H3,(H,23,27)(H2,22,28,29)(H,24,25,26). The fourth-order valence-corrected chi connectivity index (χ4v) is 4.00. The average molecular weight is 491 g/mol. The summed E-state index contributed by atoms with van der Waals surface area (Å²) in [6, 6.07) is 10.9. The Hall–Kier alpha value is -3.48. The van der Waals surface area contributed by atoms with E-state index in [1.807, 2.05) is 0 Å². The van der Waals surface area contributed by atoms with E-state index in [4.69, 9.17) is 14.6 Å². The number of amides is 2. The van der Waals surface area contributed by atoms with Gasteiger partial charge in [-0.15, -0.1) is 11.3 Å². The van der Waals surface area contributed by atoms with Gasteiger partial charge in [0.25, 0.3) is 11.8 Å². The Balaban J connectivity index is 1.55. The Labute approximate surface area is 194 Å². The number of sulfonamides is 1. The summed E-state index contributed by atoms with van der Waals surface area (Å²) in [6.07, 6.45) is 0.488. The zero-order valence-corrected chi connectivity index (χ0v) is 19.5. The number of anilines is 1. The number of primary sulfonamides is 1. The van der Waals surface area contributed by atoms with Crippen LogP contribution in [0, 0.1) is 0 Å². The molecule has 4 N–H and O–H groups in total. The van der Waals surface area contributed by atoms with Crippen molar-refractivity contribution in [2.45, 2.75) is 11.3 Å². The van der Waals surface area contributed by atoms with E-state index in [2.05, 4.69) is 15.6 Å². The molecule has 0 spiro atoms.